The molecule has 0 amide bonds. The summed E-state index contributed by atoms with van der Waals surface area (Å²) in [5.74, 6) is 0. The van der Waals surface area contributed by atoms with E-state index in [0.717, 1.165) is 19.1 Å². The molecule has 2 saturated heterocycles. The molecule has 16 heavy (non-hydrogen) atoms. The lowest BCUT2D eigenvalue weighted by Crippen LogP contribution is -2.58. The Hall–Kier alpha value is -0.160. The van der Waals surface area contributed by atoms with Crippen LogP contribution >= 0.6 is 0 Å². The summed E-state index contributed by atoms with van der Waals surface area (Å²) in [6, 6.07) is 0.772. The van der Waals surface area contributed by atoms with Crippen molar-refractivity contribution in [1.82, 2.24) is 15.1 Å². The summed E-state index contributed by atoms with van der Waals surface area (Å²) in [5.41, 5.74) is -0.152. The van der Waals surface area contributed by atoms with Gasteiger partial charge in [-0.05, 0) is 33.4 Å². The Labute approximate surface area is 98.6 Å². The van der Waals surface area contributed by atoms with E-state index in [-0.39, 0.29) is 12.1 Å². The summed E-state index contributed by atoms with van der Waals surface area (Å²) in [7, 11) is 1.93. The number of rotatable bonds is 4. The van der Waals surface area contributed by atoms with E-state index in [1.54, 1.807) is 0 Å². The second kappa shape index (κ2) is 5.00. The summed E-state index contributed by atoms with van der Waals surface area (Å²) in [6.07, 6.45) is 2.72. The number of hydrogen-bond acceptors (Lipinski definition) is 4. The van der Waals surface area contributed by atoms with Gasteiger partial charge in [-0.2, -0.15) is 0 Å². The van der Waals surface area contributed by atoms with E-state index >= 15 is 0 Å². The number of likely N-dealkylation sites (N-methyl/N-ethyl adjacent to an activating group) is 1. The average Bonchev–Trinajstić information content (AvgIpc) is 2.76. The number of piperazine rings is 1. The molecule has 0 spiro atoms. The van der Waals surface area contributed by atoms with Gasteiger partial charge in [0.1, 0.15) is 0 Å². The van der Waals surface area contributed by atoms with E-state index in [4.69, 9.17) is 0 Å². The molecule has 0 aromatic rings. The first-order valence-corrected chi connectivity index (χ1v) is 6.43. The monoisotopic (exact) mass is 227 g/mol. The van der Waals surface area contributed by atoms with E-state index < -0.39 is 0 Å². The van der Waals surface area contributed by atoms with Gasteiger partial charge in [-0.3, -0.25) is 9.80 Å². The van der Waals surface area contributed by atoms with Crippen molar-refractivity contribution in [3.8, 4) is 0 Å². The van der Waals surface area contributed by atoms with Crippen LogP contribution in [0.1, 0.15) is 19.8 Å². The van der Waals surface area contributed by atoms with Crippen LogP contribution in [-0.4, -0.2) is 72.9 Å². The molecule has 0 bridgehead atoms. The van der Waals surface area contributed by atoms with Crippen molar-refractivity contribution in [3.05, 3.63) is 0 Å². The third-order valence-corrected chi connectivity index (χ3v) is 4.20. The third-order valence-electron chi connectivity index (χ3n) is 4.20. The number of nitrogens with zero attached hydrogens (tertiary/aromatic N) is 2. The molecule has 2 aliphatic heterocycles. The van der Waals surface area contributed by atoms with E-state index in [1.165, 1.54) is 32.5 Å². The fourth-order valence-corrected chi connectivity index (χ4v) is 2.90. The Morgan fingerprint density at radius 2 is 2.19 bits per heavy atom. The summed E-state index contributed by atoms with van der Waals surface area (Å²) in [4.78, 5) is 5.12. The van der Waals surface area contributed by atoms with Crippen LogP contribution in [0.5, 0.6) is 0 Å². The van der Waals surface area contributed by atoms with Gasteiger partial charge in [0.25, 0.3) is 0 Å². The Morgan fingerprint density at radius 1 is 1.38 bits per heavy atom. The van der Waals surface area contributed by atoms with Crippen LogP contribution in [0.3, 0.4) is 0 Å². The topological polar surface area (TPSA) is 38.7 Å². The number of hydrogen-bond donors (Lipinski definition) is 2. The normalized spacial score (nSPS) is 31.3. The fourth-order valence-electron chi connectivity index (χ4n) is 2.90. The minimum atomic E-state index is -0.152. The molecular weight excluding hydrogens is 202 g/mol. The third kappa shape index (κ3) is 2.56. The molecule has 4 nitrogen and oxygen atoms in total. The van der Waals surface area contributed by atoms with Gasteiger partial charge < -0.3 is 10.4 Å². The largest absolute Gasteiger partial charge is 0.394 e. The highest BCUT2D eigenvalue weighted by Gasteiger charge is 2.33. The quantitative estimate of drug-likeness (QED) is 0.694. The van der Waals surface area contributed by atoms with Crippen LogP contribution in [-0.2, 0) is 0 Å². The second-order valence-electron chi connectivity index (χ2n) is 5.54. The van der Waals surface area contributed by atoms with Gasteiger partial charge in [-0.25, -0.2) is 0 Å². The highest BCUT2D eigenvalue weighted by Crippen LogP contribution is 2.22. The Balaban J connectivity index is 1.87. The maximum Gasteiger partial charge on any atom is 0.0623 e. The summed E-state index contributed by atoms with van der Waals surface area (Å²) in [5, 5.41) is 12.6. The van der Waals surface area contributed by atoms with Crippen molar-refractivity contribution in [2.75, 3.05) is 46.4 Å². The highest BCUT2D eigenvalue weighted by molar-refractivity contribution is 4.91. The first-order chi connectivity index (χ1) is 7.67. The fraction of sp³-hybridized carbons (Fsp3) is 1.00. The molecule has 0 saturated carbocycles. The van der Waals surface area contributed by atoms with Crippen LogP contribution in [0.25, 0.3) is 0 Å². The Morgan fingerprint density at radius 3 is 2.88 bits per heavy atom. The molecule has 0 radical (unpaired) electrons. The molecule has 2 N–H and O–H groups in total. The molecule has 2 atom stereocenters. The van der Waals surface area contributed by atoms with Gasteiger partial charge in [0.2, 0.25) is 0 Å². The molecule has 2 rings (SSSR count). The second-order valence-corrected chi connectivity index (χ2v) is 5.54. The molecule has 2 unspecified atom stereocenters. The molecule has 2 heterocycles. The smallest absolute Gasteiger partial charge is 0.0623 e. The van der Waals surface area contributed by atoms with Crippen LogP contribution < -0.4 is 5.32 Å². The molecule has 0 aromatic heterocycles. The molecule has 2 aliphatic rings. The lowest BCUT2D eigenvalue weighted by molar-refractivity contribution is 0.0645. The van der Waals surface area contributed by atoms with Crippen molar-refractivity contribution < 1.29 is 5.11 Å². The lowest BCUT2D eigenvalue weighted by atomic mass is 10.0. The van der Waals surface area contributed by atoms with Crippen molar-refractivity contribution >= 4 is 0 Å². The number of aliphatic hydroxyl groups is 1. The first-order valence-electron chi connectivity index (χ1n) is 6.43. The molecule has 0 aliphatic carbocycles. The van der Waals surface area contributed by atoms with Gasteiger partial charge in [-0.1, -0.05) is 0 Å². The predicted octanol–water partition coefficient (Wildman–Crippen LogP) is -0.263. The Kier molecular flexibility index (Phi) is 3.85. The number of fused-ring (bicyclic) bond motifs is 1. The zero-order valence-corrected chi connectivity index (χ0v) is 10.6. The molecule has 94 valence electrons. The maximum atomic E-state index is 9.40. The first kappa shape index (κ1) is 12.3. The van der Waals surface area contributed by atoms with Crippen molar-refractivity contribution in [1.29, 1.82) is 0 Å². The molecular formula is C12H25N3O. The summed E-state index contributed by atoms with van der Waals surface area (Å²) in [6.45, 7) is 8.06. The van der Waals surface area contributed by atoms with Crippen LogP contribution in [0.4, 0.5) is 0 Å². The van der Waals surface area contributed by atoms with Crippen molar-refractivity contribution in [2.24, 2.45) is 0 Å². The predicted molar refractivity (Wildman–Crippen MR) is 65.6 cm³/mol. The molecule has 4 heteroatoms. The minimum Gasteiger partial charge on any atom is -0.394 e. The lowest BCUT2D eigenvalue weighted by Gasteiger charge is -2.41. The molecule has 2 fully saturated rings. The average molecular weight is 227 g/mol. The van der Waals surface area contributed by atoms with Crippen molar-refractivity contribution in [3.63, 3.8) is 0 Å². The highest BCUT2D eigenvalue weighted by atomic mass is 16.3. The van der Waals surface area contributed by atoms with Crippen molar-refractivity contribution in [2.45, 2.75) is 31.3 Å². The van der Waals surface area contributed by atoms with E-state index in [1.807, 2.05) is 7.05 Å². The summed E-state index contributed by atoms with van der Waals surface area (Å²) >= 11 is 0. The zero-order chi connectivity index (χ0) is 11.6. The van der Waals surface area contributed by atoms with Gasteiger partial charge in [0, 0.05) is 32.2 Å². The zero-order valence-electron chi connectivity index (χ0n) is 10.6. The number of aliphatic hydroxyl groups excluding tert-OH is 1. The van der Waals surface area contributed by atoms with Gasteiger partial charge in [-0.15, -0.1) is 0 Å². The van der Waals surface area contributed by atoms with Gasteiger partial charge >= 0.3 is 0 Å². The van der Waals surface area contributed by atoms with Crippen LogP contribution in [0, 0.1) is 0 Å². The standard InChI is InChI=1S/C12H25N3O/c1-12(10-16,13-2)9-14-6-7-15-5-3-4-11(15)8-14/h11,13,16H,3-10H2,1-2H3. The van der Waals surface area contributed by atoms with Gasteiger partial charge in [0.15, 0.2) is 0 Å². The van der Waals surface area contributed by atoms with Crippen LogP contribution in [0.15, 0.2) is 0 Å². The minimum absolute atomic E-state index is 0.152. The Bertz CT molecular complexity index is 230. The SMILES string of the molecule is CNC(C)(CO)CN1CCN2CCCC2C1. The maximum absolute atomic E-state index is 9.40. The molecule has 0 aromatic carbocycles. The van der Waals surface area contributed by atoms with Crippen LogP contribution in [0.2, 0.25) is 0 Å². The summed E-state index contributed by atoms with van der Waals surface area (Å²) < 4.78 is 0. The van der Waals surface area contributed by atoms with Gasteiger partial charge in [0.05, 0.1) is 12.1 Å². The van der Waals surface area contributed by atoms with E-state index in [2.05, 4.69) is 22.0 Å². The van der Waals surface area contributed by atoms with E-state index in [9.17, 15) is 5.11 Å². The number of nitrogens with one attached hydrogen (secondary N) is 1. The van der Waals surface area contributed by atoms with E-state index in [0.29, 0.717) is 0 Å².